The minimum Gasteiger partial charge on any atom is -0.495 e. The summed E-state index contributed by atoms with van der Waals surface area (Å²) in [5.41, 5.74) is 7.79. The summed E-state index contributed by atoms with van der Waals surface area (Å²) < 4.78 is 6.12. The monoisotopic (exact) mass is 393 g/mol. The summed E-state index contributed by atoms with van der Waals surface area (Å²) in [7, 11) is 1.58. The molecule has 2 rings (SSSR count). The average Bonchev–Trinajstić information content (AvgIpc) is 2.37. The molecule has 0 bridgehead atoms. The summed E-state index contributed by atoms with van der Waals surface area (Å²) in [5.74, 6) is 0.632. The standard InChI is InChI=1S/C14H11BrCl3NO/c1-20-14-10(4-8(17)5-11(14)15)13(19)9-3-2-7(16)6-12(9)18/h2-6,13H,19H2,1H3. The van der Waals surface area contributed by atoms with Gasteiger partial charge in [0.05, 0.1) is 17.6 Å². The summed E-state index contributed by atoms with van der Waals surface area (Å²) in [4.78, 5) is 0. The number of methoxy groups -OCH3 is 1. The molecule has 0 heterocycles. The van der Waals surface area contributed by atoms with Crippen molar-refractivity contribution in [1.82, 2.24) is 0 Å². The summed E-state index contributed by atoms with van der Waals surface area (Å²) in [5, 5.41) is 1.63. The van der Waals surface area contributed by atoms with Gasteiger partial charge < -0.3 is 10.5 Å². The van der Waals surface area contributed by atoms with Crippen LogP contribution in [0.4, 0.5) is 0 Å². The molecule has 0 spiro atoms. The lowest BCUT2D eigenvalue weighted by molar-refractivity contribution is 0.405. The molecule has 0 fully saturated rings. The molecular formula is C14H11BrCl3NO. The first kappa shape index (κ1) is 15.9. The van der Waals surface area contributed by atoms with Crippen LogP contribution in [0.15, 0.2) is 34.8 Å². The van der Waals surface area contributed by atoms with E-state index in [9.17, 15) is 0 Å². The Kier molecular flexibility index (Phi) is 5.21. The van der Waals surface area contributed by atoms with Crippen LogP contribution in [-0.4, -0.2) is 7.11 Å². The van der Waals surface area contributed by atoms with Crippen molar-refractivity contribution in [1.29, 1.82) is 0 Å². The average molecular weight is 396 g/mol. The molecule has 0 saturated carbocycles. The predicted octanol–water partition coefficient (Wildman–Crippen LogP) is 5.47. The van der Waals surface area contributed by atoms with Gasteiger partial charge in [0.25, 0.3) is 0 Å². The van der Waals surface area contributed by atoms with Crippen LogP contribution >= 0.6 is 50.7 Å². The number of nitrogens with two attached hydrogens (primary N) is 1. The van der Waals surface area contributed by atoms with E-state index in [4.69, 9.17) is 45.3 Å². The van der Waals surface area contributed by atoms with Gasteiger partial charge in [-0.2, -0.15) is 0 Å². The lowest BCUT2D eigenvalue weighted by Gasteiger charge is -2.19. The number of hydrogen-bond acceptors (Lipinski definition) is 2. The van der Waals surface area contributed by atoms with Crippen molar-refractivity contribution in [2.45, 2.75) is 6.04 Å². The van der Waals surface area contributed by atoms with Crippen molar-refractivity contribution in [2.24, 2.45) is 5.73 Å². The Bertz CT molecular complexity index is 649. The second kappa shape index (κ2) is 6.54. The Morgan fingerprint density at radius 3 is 2.35 bits per heavy atom. The maximum atomic E-state index is 6.29. The maximum absolute atomic E-state index is 6.29. The van der Waals surface area contributed by atoms with E-state index in [2.05, 4.69) is 15.9 Å². The highest BCUT2D eigenvalue weighted by atomic mass is 79.9. The van der Waals surface area contributed by atoms with E-state index in [0.29, 0.717) is 20.8 Å². The third-order valence-electron chi connectivity index (χ3n) is 2.87. The van der Waals surface area contributed by atoms with Gasteiger partial charge in [-0.1, -0.05) is 40.9 Å². The van der Waals surface area contributed by atoms with E-state index >= 15 is 0 Å². The normalized spacial score (nSPS) is 12.3. The third-order valence-corrected chi connectivity index (χ3v) is 4.24. The molecule has 0 aliphatic heterocycles. The molecule has 2 N–H and O–H groups in total. The van der Waals surface area contributed by atoms with E-state index in [1.165, 1.54) is 0 Å². The fraction of sp³-hybridized carbons (Fsp3) is 0.143. The van der Waals surface area contributed by atoms with Crippen LogP contribution < -0.4 is 10.5 Å². The van der Waals surface area contributed by atoms with Crippen molar-refractivity contribution < 1.29 is 4.74 Å². The molecule has 20 heavy (non-hydrogen) atoms. The van der Waals surface area contributed by atoms with Crippen LogP contribution in [0.1, 0.15) is 17.2 Å². The third kappa shape index (κ3) is 3.23. The van der Waals surface area contributed by atoms with Crippen LogP contribution in [0.3, 0.4) is 0 Å². The van der Waals surface area contributed by atoms with Gasteiger partial charge in [-0.3, -0.25) is 0 Å². The van der Waals surface area contributed by atoms with Crippen molar-refractivity contribution in [3.63, 3.8) is 0 Å². The van der Waals surface area contributed by atoms with Crippen molar-refractivity contribution in [3.05, 3.63) is 61.0 Å². The van der Waals surface area contributed by atoms with E-state index in [1.807, 2.05) is 0 Å². The van der Waals surface area contributed by atoms with Crippen LogP contribution in [0, 0.1) is 0 Å². The number of benzene rings is 2. The fourth-order valence-electron chi connectivity index (χ4n) is 1.95. The fourth-order valence-corrected chi connectivity index (χ4v) is 3.47. The quantitative estimate of drug-likeness (QED) is 0.748. The molecular weight excluding hydrogens is 384 g/mol. The van der Waals surface area contributed by atoms with Gasteiger partial charge >= 0.3 is 0 Å². The van der Waals surface area contributed by atoms with Gasteiger partial charge in [-0.25, -0.2) is 0 Å². The van der Waals surface area contributed by atoms with Gasteiger partial charge in [0, 0.05) is 20.6 Å². The molecule has 2 aromatic carbocycles. The molecule has 0 saturated heterocycles. The van der Waals surface area contributed by atoms with E-state index < -0.39 is 6.04 Å². The summed E-state index contributed by atoms with van der Waals surface area (Å²) in [6.45, 7) is 0. The van der Waals surface area contributed by atoms with Gasteiger partial charge in [-0.05, 0) is 45.8 Å². The Hall–Kier alpha value is -0.450. The van der Waals surface area contributed by atoms with E-state index in [0.717, 1.165) is 15.6 Å². The summed E-state index contributed by atoms with van der Waals surface area (Å²) in [6, 6.07) is 8.24. The maximum Gasteiger partial charge on any atom is 0.138 e. The van der Waals surface area contributed by atoms with Gasteiger partial charge in [0.2, 0.25) is 0 Å². The number of halogens is 4. The Morgan fingerprint density at radius 1 is 1.05 bits per heavy atom. The van der Waals surface area contributed by atoms with Crippen molar-refractivity contribution in [2.75, 3.05) is 7.11 Å². The molecule has 6 heteroatoms. The Morgan fingerprint density at radius 2 is 1.75 bits per heavy atom. The first-order valence-corrected chi connectivity index (χ1v) is 7.60. The highest BCUT2D eigenvalue weighted by Gasteiger charge is 2.19. The molecule has 106 valence electrons. The molecule has 0 aliphatic rings. The molecule has 0 amide bonds. The Labute approximate surface area is 140 Å². The zero-order valence-corrected chi connectivity index (χ0v) is 14.3. The SMILES string of the molecule is COc1c(Br)cc(Cl)cc1C(N)c1ccc(Cl)cc1Cl. The van der Waals surface area contributed by atoms with Crippen molar-refractivity contribution >= 4 is 50.7 Å². The number of hydrogen-bond donors (Lipinski definition) is 1. The molecule has 0 aliphatic carbocycles. The van der Waals surface area contributed by atoms with Gasteiger partial charge in [-0.15, -0.1) is 0 Å². The molecule has 0 aromatic heterocycles. The highest BCUT2D eigenvalue weighted by Crippen LogP contribution is 2.39. The first-order valence-electron chi connectivity index (χ1n) is 5.67. The van der Waals surface area contributed by atoms with Crippen LogP contribution in [-0.2, 0) is 0 Å². The predicted molar refractivity (Wildman–Crippen MR) is 88.2 cm³/mol. The molecule has 0 radical (unpaired) electrons. The summed E-state index contributed by atoms with van der Waals surface area (Å²) >= 11 is 21.6. The minimum atomic E-state index is -0.468. The molecule has 2 nitrogen and oxygen atoms in total. The zero-order chi connectivity index (χ0) is 14.9. The second-order valence-corrected chi connectivity index (χ2v) is 6.29. The zero-order valence-electron chi connectivity index (χ0n) is 10.5. The Balaban J connectivity index is 2.55. The van der Waals surface area contributed by atoms with Crippen LogP contribution in [0.5, 0.6) is 5.75 Å². The smallest absolute Gasteiger partial charge is 0.138 e. The van der Waals surface area contributed by atoms with E-state index in [1.54, 1.807) is 37.4 Å². The van der Waals surface area contributed by atoms with Crippen LogP contribution in [0.25, 0.3) is 0 Å². The molecule has 1 unspecified atom stereocenters. The lowest BCUT2D eigenvalue weighted by Crippen LogP contribution is -2.14. The summed E-state index contributed by atoms with van der Waals surface area (Å²) in [6.07, 6.45) is 0. The first-order chi connectivity index (χ1) is 9.43. The number of rotatable bonds is 3. The van der Waals surface area contributed by atoms with Gasteiger partial charge in [0.1, 0.15) is 5.75 Å². The molecule has 2 aromatic rings. The van der Waals surface area contributed by atoms with E-state index in [-0.39, 0.29) is 0 Å². The van der Waals surface area contributed by atoms with Crippen molar-refractivity contribution in [3.8, 4) is 5.75 Å². The largest absolute Gasteiger partial charge is 0.495 e. The lowest BCUT2D eigenvalue weighted by atomic mass is 9.98. The second-order valence-electron chi connectivity index (χ2n) is 4.15. The highest BCUT2D eigenvalue weighted by molar-refractivity contribution is 9.10. The van der Waals surface area contributed by atoms with Gasteiger partial charge in [0.15, 0.2) is 0 Å². The number of ether oxygens (including phenoxy) is 1. The topological polar surface area (TPSA) is 35.2 Å². The van der Waals surface area contributed by atoms with Crippen LogP contribution in [0.2, 0.25) is 15.1 Å². The minimum absolute atomic E-state index is 0.468. The molecule has 1 atom stereocenters.